The van der Waals surface area contributed by atoms with Gasteiger partial charge in [0.15, 0.2) is 0 Å². The van der Waals surface area contributed by atoms with Crippen LogP contribution in [0.1, 0.15) is 24.8 Å². The van der Waals surface area contributed by atoms with Crippen molar-refractivity contribution in [1.82, 2.24) is 14.0 Å². The van der Waals surface area contributed by atoms with E-state index in [0.29, 0.717) is 25.3 Å². The SMILES string of the molecule is CC1[C@@H](c2ccccc2)[C@]1(NS(=O)(=O)N1CCCN(c2ccc(F)cn2)CC1)C(=O)O. The highest BCUT2D eigenvalue weighted by Crippen LogP contribution is 2.57. The number of carboxylic acids is 1. The maximum atomic E-state index is 13.2. The maximum Gasteiger partial charge on any atom is 0.325 e. The molecule has 2 fully saturated rings. The van der Waals surface area contributed by atoms with Crippen LogP contribution >= 0.6 is 0 Å². The zero-order valence-corrected chi connectivity index (χ0v) is 17.9. The number of halogens is 1. The molecule has 1 saturated heterocycles. The molecule has 1 aliphatic carbocycles. The van der Waals surface area contributed by atoms with E-state index >= 15 is 0 Å². The molecule has 1 aromatic carbocycles. The Morgan fingerprint density at radius 2 is 1.90 bits per heavy atom. The first-order valence-corrected chi connectivity index (χ1v) is 11.6. The number of nitrogens with zero attached hydrogens (tertiary/aromatic N) is 3. The summed E-state index contributed by atoms with van der Waals surface area (Å²) >= 11 is 0. The van der Waals surface area contributed by atoms with Crippen molar-refractivity contribution >= 4 is 22.0 Å². The average molecular weight is 449 g/mol. The molecule has 8 nitrogen and oxygen atoms in total. The summed E-state index contributed by atoms with van der Waals surface area (Å²) in [6.45, 7) is 3.12. The van der Waals surface area contributed by atoms with E-state index in [9.17, 15) is 22.7 Å². The molecule has 2 aromatic rings. The molecule has 2 heterocycles. The summed E-state index contributed by atoms with van der Waals surface area (Å²) in [5.41, 5.74) is -0.769. The summed E-state index contributed by atoms with van der Waals surface area (Å²) in [6, 6.07) is 12.0. The molecule has 2 N–H and O–H groups in total. The highest BCUT2D eigenvalue weighted by Gasteiger charge is 2.70. The van der Waals surface area contributed by atoms with Crippen LogP contribution in [0.25, 0.3) is 0 Å². The Bertz CT molecular complexity index is 1050. The molecule has 1 unspecified atom stereocenters. The number of carbonyl (C=O) groups is 1. The first kappa shape index (κ1) is 21.7. The van der Waals surface area contributed by atoms with Crippen molar-refractivity contribution in [3.05, 3.63) is 60.0 Å². The van der Waals surface area contributed by atoms with Gasteiger partial charge in [0.1, 0.15) is 17.2 Å². The third-order valence-corrected chi connectivity index (χ3v) is 7.88. The summed E-state index contributed by atoms with van der Waals surface area (Å²) in [7, 11) is -4.04. The fraction of sp³-hybridized carbons (Fsp3) is 0.429. The van der Waals surface area contributed by atoms with Crippen molar-refractivity contribution in [3.8, 4) is 0 Å². The minimum Gasteiger partial charge on any atom is -0.480 e. The average Bonchev–Trinajstić information content (AvgIpc) is 3.41. The normalized spacial score (nSPS) is 27.0. The first-order chi connectivity index (χ1) is 14.8. The van der Waals surface area contributed by atoms with Crippen LogP contribution in [0.4, 0.5) is 10.2 Å². The van der Waals surface area contributed by atoms with Crippen molar-refractivity contribution in [1.29, 1.82) is 0 Å². The predicted octanol–water partition coefficient (Wildman–Crippen LogP) is 1.82. The van der Waals surface area contributed by atoms with Crippen LogP contribution in [0.2, 0.25) is 0 Å². The molecule has 0 amide bonds. The van der Waals surface area contributed by atoms with E-state index in [0.717, 1.165) is 11.8 Å². The Balaban J connectivity index is 1.50. The Morgan fingerprint density at radius 1 is 1.16 bits per heavy atom. The van der Waals surface area contributed by atoms with Crippen LogP contribution in [0.15, 0.2) is 48.7 Å². The summed E-state index contributed by atoms with van der Waals surface area (Å²) in [5.74, 6) is -1.85. The number of rotatable bonds is 6. The third-order valence-electron chi connectivity index (χ3n) is 6.24. The Kier molecular flexibility index (Phi) is 5.71. The lowest BCUT2D eigenvalue weighted by Gasteiger charge is -2.25. The maximum absolute atomic E-state index is 13.2. The second-order valence-electron chi connectivity index (χ2n) is 8.03. The van der Waals surface area contributed by atoms with E-state index in [2.05, 4.69) is 9.71 Å². The van der Waals surface area contributed by atoms with Gasteiger partial charge in [0.05, 0.1) is 6.20 Å². The van der Waals surface area contributed by atoms with Gasteiger partial charge in [-0.1, -0.05) is 37.3 Å². The largest absolute Gasteiger partial charge is 0.480 e. The van der Waals surface area contributed by atoms with Gasteiger partial charge in [0.25, 0.3) is 10.2 Å². The minimum atomic E-state index is -4.04. The van der Waals surface area contributed by atoms with E-state index in [1.54, 1.807) is 13.0 Å². The number of hydrogen-bond acceptors (Lipinski definition) is 5. The number of nitrogens with one attached hydrogen (secondary N) is 1. The van der Waals surface area contributed by atoms with Crippen LogP contribution < -0.4 is 9.62 Å². The van der Waals surface area contributed by atoms with E-state index in [1.165, 1.54) is 10.4 Å². The van der Waals surface area contributed by atoms with E-state index in [4.69, 9.17) is 0 Å². The topological polar surface area (TPSA) is 103 Å². The molecule has 1 aliphatic heterocycles. The third kappa shape index (κ3) is 4.02. The fourth-order valence-electron chi connectivity index (χ4n) is 4.50. The zero-order chi connectivity index (χ0) is 22.2. The van der Waals surface area contributed by atoms with E-state index in [-0.39, 0.29) is 19.0 Å². The Hall–Kier alpha value is -2.56. The standard InChI is InChI=1S/C21H25FN4O4S/c1-15-19(16-6-3-2-4-7-16)21(15,20(27)28)24-31(29,30)26-11-5-10-25(12-13-26)18-9-8-17(22)14-23-18/h2-4,6-9,14-15,19,24H,5,10-13H2,1H3,(H,27,28)/t15?,19-,21-/m0/s1. The van der Waals surface area contributed by atoms with Gasteiger partial charge >= 0.3 is 5.97 Å². The van der Waals surface area contributed by atoms with Crippen molar-refractivity contribution in [2.24, 2.45) is 5.92 Å². The van der Waals surface area contributed by atoms with Gasteiger partial charge in [0.2, 0.25) is 0 Å². The van der Waals surface area contributed by atoms with E-state index < -0.39 is 33.5 Å². The van der Waals surface area contributed by atoms with Crippen molar-refractivity contribution < 1.29 is 22.7 Å². The lowest BCUT2D eigenvalue weighted by Crippen LogP contribution is -2.52. The first-order valence-electron chi connectivity index (χ1n) is 10.2. The molecule has 0 radical (unpaired) electrons. The van der Waals surface area contributed by atoms with Gasteiger partial charge in [-0.3, -0.25) is 4.79 Å². The second-order valence-corrected chi connectivity index (χ2v) is 9.70. The van der Waals surface area contributed by atoms with Crippen molar-refractivity contribution in [3.63, 3.8) is 0 Å². The number of hydrogen-bond donors (Lipinski definition) is 2. The van der Waals surface area contributed by atoms with Gasteiger partial charge in [-0.05, 0) is 30.0 Å². The minimum absolute atomic E-state index is 0.175. The number of anilines is 1. The van der Waals surface area contributed by atoms with Crippen LogP contribution in [0, 0.1) is 11.7 Å². The van der Waals surface area contributed by atoms with Crippen LogP contribution in [0.3, 0.4) is 0 Å². The monoisotopic (exact) mass is 448 g/mol. The second kappa shape index (κ2) is 8.18. The molecular formula is C21H25FN4O4S. The lowest BCUT2D eigenvalue weighted by molar-refractivity contribution is -0.140. The summed E-state index contributed by atoms with van der Waals surface area (Å²) < 4.78 is 43.3. The van der Waals surface area contributed by atoms with Gasteiger partial charge in [-0.2, -0.15) is 17.4 Å². The molecule has 1 aromatic heterocycles. The smallest absolute Gasteiger partial charge is 0.325 e. The fourth-order valence-corrected chi connectivity index (χ4v) is 6.14. The predicted molar refractivity (Wildman–Crippen MR) is 113 cm³/mol. The van der Waals surface area contributed by atoms with Gasteiger partial charge < -0.3 is 10.0 Å². The molecule has 4 rings (SSSR count). The van der Waals surface area contributed by atoms with Crippen LogP contribution in [0.5, 0.6) is 0 Å². The number of aromatic nitrogens is 1. The molecule has 0 spiro atoms. The molecule has 1 saturated carbocycles. The lowest BCUT2D eigenvalue weighted by atomic mass is 10.1. The summed E-state index contributed by atoms with van der Waals surface area (Å²) in [5, 5.41) is 9.94. The van der Waals surface area contributed by atoms with E-state index in [1.807, 2.05) is 35.2 Å². The van der Waals surface area contributed by atoms with Crippen LogP contribution in [-0.2, 0) is 15.0 Å². The van der Waals surface area contributed by atoms with Gasteiger partial charge in [-0.25, -0.2) is 9.37 Å². The van der Waals surface area contributed by atoms with Crippen molar-refractivity contribution in [2.45, 2.75) is 24.8 Å². The molecule has 166 valence electrons. The number of benzene rings is 1. The summed E-state index contributed by atoms with van der Waals surface area (Å²) in [6.07, 6.45) is 1.67. The molecular weight excluding hydrogens is 423 g/mol. The zero-order valence-electron chi connectivity index (χ0n) is 17.1. The molecule has 0 bridgehead atoms. The highest BCUT2D eigenvalue weighted by atomic mass is 32.2. The molecule has 10 heteroatoms. The van der Waals surface area contributed by atoms with Gasteiger partial charge in [0, 0.05) is 32.1 Å². The number of pyridine rings is 1. The van der Waals surface area contributed by atoms with Gasteiger partial charge in [-0.15, -0.1) is 0 Å². The quantitative estimate of drug-likeness (QED) is 0.699. The number of aliphatic carboxylic acids is 1. The van der Waals surface area contributed by atoms with Crippen LogP contribution in [-0.4, -0.2) is 60.5 Å². The Morgan fingerprint density at radius 3 is 2.55 bits per heavy atom. The highest BCUT2D eigenvalue weighted by molar-refractivity contribution is 7.87. The number of carboxylic acid groups (broad SMARTS) is 1. The van der Waals surface area contributed by atoms with Crippen molar-refractivity contribution in [2.75, 3.05) is 31.1 Å². The molecule has 2 aliphatic rings. The summed E-state index contributed by atoms with van der Waals surface area (Å²) in [4.78, 5) is 18.1. The Labute approximate surface area is 180 Å². The molecule has 3 atom stereocenters. The molecule has 31 heavy (non-hydrogen) atoms.